The van der Waals surface area contributed by atoms with Crippen molar-refractivity contribution in [1.82, 2.24) is 5.32 Å². The molecule has 130 valence electrons. The summed E-state index contributed by atoms with van der Waals surface area (Å²) < 4.78 is 4.98. The number of rotatable bonds is 6. The zero-order chi connectivity index (χ0) is 17.7. The van der Waals surface area contributed by atoms with Crippen molar-refractivity contribution in [1.29, 1.82) is 0 Å². The van der Waals surface area contributed by atoms with Crippen LogP contribution in [0.15, 0.2) is 24.3 Å². The van der Waals surface area contributed by atoms with E-state index in [0.29, 0.717) is 11.3 Å². The summed E-state index contributed by atoms with van der Waals surface area (Å²) in [6.45, 7) is 5.39. The first kappa shape index (κ1) is 18.0. The number of benzene rings is 1. The Morgan fingerprint density at radius 1 is 1.17 bits per heavy atom. The van der Waals surface area contributed by atoms with Gasteiger partial charge in [0.05, 0.1) is 17.7 Å². The van der Waals surface area contributed by atoms with E-state index in [1.807, 2.05) is 20.8 Å². The molecule has 0 heterocycles. The SMILES string of the molecule is CC(C)(C)CC(=O)OCC(=O)Nc1ccccc1C(=O)NC1CC1. The summed E-state index contributed by atoms with van der Waals surface area (Å²) >= 11 is 0. The lowest BCUT2D eigenvalue weighted by Gasteiger charge is -2.16. The van der Waals surface area contributed by atoms with Crippen LogP contribution in [0.2, 0.25) is 0 Å². The molecule has 0 atom stereocenters. The van der Waals surface area contributed by atoms with Crippen LogP contribution in [-0.4, -0.2) is 30.4 Å². The van der Waals surface area contributed by atoms with Crippen molar-refractivity contribution in [3.8, 4) is 0 Å². The first-order valence-electron chi connectivity index (χ1n) is 8.10. The number of carbonyl (C=O) groups excluding carboxylic acids is 3. The zero-order valence-corrected chi connectivity index (χ0v) is 14.3. The van der Waals surface area contributed by atoms with Crippen LogP contribution in [0.4, 0.5) is 5.69 Å². The van der Waals surface area contributed by atoms with Gasteiger partial charge in [0.2, 0.25) is 0 Å². The molecule has 1 aromatic carbocycles. The number of esters is 1. The smallest absolute Gasteiger partial charge is 0.306 e. The Hall–Kier alpha value is -2.37. The van der Waals surface area contributed by atoms with Crippen molar-refractivity contribution >= 4 is 23.5 Å². The minimum atomic E-state index is -0.469. The highest BCUT2D eigenvalue weighted by Crippen LogP contribution is 2.22. The quantitative estimate of drug-likeness (QED) is 0.784. The van der Waals surface area contributed by atoms with Crippen LogP contribution < -0.4 is 10.6 Å². The molecular weight excluding hydrogens is 308 g/mol. The lowest BCUT2D eigenvalue weighted by Crippen LogP contribution is -2.28. The summed E-state index contributed by atoms with van der Waals surface area (Å²) in [5.74, 6) is -1.10. The summed E-state index contributed by atoms with van der Waals surface area (Å²) in [5.41, 5.74) is 0.618. The molecule has 2 amide bonds. The molecule has 1 saturated carbocycles. The highest BCUT2D eigenvalue weighted by atomic mass is 16.5. The van der Waals surface area contributed by atoms with E-state index in [4.69, 9.17) is 4.74 Å². The number of hydrogen-bond donors (Lipinski definition) is 2. The molecule has 0 aromatic heterocycles. The predicted octanol–water partition coefficient (Wildman–Crippen LogP) is 2.50. The largest absolute Gasteiger partial charge is 0.456 e. The second-order valence-electron chi connectivity index (χ2n) is 7.24. The molecule has 0 radical (unpaired) electrons. The van der Waals surface area contributed by atoms with Crippen molar-refractivity contribution in [3.63, 3.8) is 0 Å². The fourth-order valence-corrected chi connectivity index (χ4v) is 2.10. The molecule has 0 unspecified atom stereocenters. The van der Waals surface area contributed by atoms with E-state index in [1.54, 1.807) is 24.3 Å². The van der Waals surface area contributed by atoms with Crippen LogP contribution >= 0.6 is 0 Å². The van der Waals surface area contributed by atoms with Gasteiger partial charge in [-0.2, -0.15) is 0 Å². The van der Waals surface area contributed by atoms with Crippen molar-refractivity contribution in [2.75, 3.05) is 11.9 Å². The summed E-state index contributed by atoms with van der Waals surface area (Å²) in [6.07, 6.45) is 2.22. The average molecular weight is 332 g/mol. The Kier molecular flexibility index (Phi) is 5.59. The zero-order valence-electron chi connectivity index (χ0n) is 14.3. The van der Waals surface area contributed by atoms with Gasteiger partial charge in [0.1, 0.15) is 0 Å². The van der Waals surface area contributed by atoms with Gasteiger partial charge in [-0.25, -0.2) is 0 Å². The predicted molar refractivity (Wildman–Crippen MR) is 90.6 cm³/mol. The topological polar surface area (TPSA) is 84.5 Å². The van der Waals surface area contributed by atoms with E-state index in [-0.39, 0.29) is 30.4 Å². The van der Waals surface area contributed by atoms with Gasteiger partial charge >= 0.3 is 5.97 Å². The summed E-state index contributed by atoms with van der Waals surface area (Å²) in [6, 6.07) is 7.01. The molecule has 0 bridgehead atoms. The Bertz CT molecular complexity index is 630. The fourth-order valence-electron chi connectivity index (χ4n) is 2.10. The van der Waals surface area contributed by atoms with Crippen LogP contribution in [0.1, 0.15) is 50.4 Å². The molecule has 1 aliphatic rings. The molecule has 24 heavy (non-hydrogen) atoms. The Balaban J connectivity index is 1.89. The second kappa shape index (κ2) is 7.47. The van der Waals surface area contributed by atoms with Crippen molar-refractivity contribution in [3.05, 3.63) is 29.8 Å². The van der Waals surface area contributed by atoms with Crippen LogP contribution in [0.25, 0.3) is 0 Å². The Morgan fingerprint density at radius 2 is 1.83 bits per heavy atom. The Labute approximate surface area is 142 Å². The maximum atomic E-state index is 12.2. The van der Waals surface area contributed by atoms with Gasteiger partial charge in [0.25, 0.3) is 11.8 Å². The van der Waals surface area contributed by atoms with E-state index < -0.39 is 11.9 Å². The average Bonchev–Trinajstić information content (AvgIpc) is 3.28. The number of para-hydroxylation sites is 1. The van der Waals surface area contributed by atoms with Gasteiger partial charge in [-0.1, -0.05) is 32.9 Å². The molecule has 0 spiro atoms. The summed E-state index contributed by atoms with van der Waals surface area (Å²) in [7, 11) is 0. The van der Waals surface area contributed by atoms with Crippen LogP contribution in [0.5, 0.6) is 0 Å². The first-order chi connectivity index (χ1) is 11.2. The van der Waals surface area contributed by atoms with E-state index in [9.17, 15) is 14.4 Å². The van der Waals surface area contributed by atoms with Crippen LogP contribution in [0.3, 0.4) is 0 Å². The molecule has 1 aliphatic carbocycles. The van der Waals surface area contributed by atoms with Gasteiger partial charge in [-0.3, -0.25) is 14.4 Å². The number of nitrogens with one attached hydrogen (secondary N) is 2. The Morgan fingerprint density at radius 3 is 2.46 bits per heavy atom. The van der Waals surface area contributed by atoms with Crippen molar-refractivity contribution in [2.24, 2.45) is 5.41 Å². The third-order valence-electron chi connectivity index (χ3n) is 3.40. The van der Waals surface area contributed by atoms with E-state index >= 15 is 0 Å². The monoisotopic (exact) mass is 332 g/mol. The highest BCUT2D eigenvalue weighted by Gasteiger charge is 2.25. The van der Waals surface area contributed by atoms with Gasteiger partial charge in [0, 0.05) is 6.04 Å². The molecule has 6 nitrogen and oxygen atoms in total. The van der Waals surface area contributed by atoms with E-state index in [0.717, 1.165) is 12.8 Å². The van der Waals surface area contributed by atoms with E-state index in [2.05, 4.69) is 10.6 Å². The van der Waals surface area contributed by atoms with Gasteiger partial charge in [0.15, 0.2) is 6.61 Å². The minimum Gasteiger partial charge on any atom is -0.456 e. The molecule has 2 N–H and O–H groups in total. The molecule has 6 heteroatoms. The summed E-state index contributed by atoms with van der Waals surface area (Å²) in [4.78, 5) is 35.8. The van der Waals surface area contributed by atoms with Gasteiger partial charge in [-0.15, -0.1) is 0 Å². The minimum absolute atomic E-state index is 0.193. The maximum absolute atomic E-state index is 12.2. The lowest BCUT2D eigenvalue weighted by atomic mass is 9.92. The molecular formula is C18H24N2O4. The second-order valence-corrected chi connectivity index (χ2v) is 7.24. The van der Waals surface area contributed by atoms with Gasteiger partial charge < -0.3 is 15.4 Å². The molecule has 1 aromatic rings. The maximum Gasteiger partial charge on any atom is 0.306 e. The molecule has 2 rings (SSSR count). The number of ether oxygens (including phenoxy) is 1. The lowest BCUT2D eigenvalue weighted by molar-refractivity contribution is -0.149. The first-order valence-corrected chi connectivity index (χ1v) is 8.10. The summed E-state index contributed by atoms with van der Waals surface area (Å²) in [5, 5.41) is 5.51. The standard InChI is InChI=1S/C18H24N2O4/c1-18(2,3)10-16(22)24-11-15(21)20-14-7-5-4-6-13(14)17(23)19-12-8-9-12/h4-7,12H,8-11H2,1-3H3,(H,19,23)(H,20,21). The number of anilines is 1. The van der Waals surface area contributed by atoms with E-state index in [1.165, 1.54) is 0 Å². The van der Waals surface area contributed by atoms with Crippen LogP contribution in [0, 0.1) is 5.41 Å². The third kappa shape index (κ3) is 6.02. The van der Waals surface area contributed by atoms with Crippen molar-refractivity contribution < 1.29 is 19.1 Å². The fraction of sp³-hybridized carbons (Fsp3) is 0.500. The third-order valence-corrected chi connectivity index (χ3v) is 3.40. The number of amides is 2. The van der Waals surface area contributed by atoms with Gasteiger partial charge in [-0.05, 0) is 30.4 Å². The molecule has 1 fully saturated rings. The molecule has 0 aliphatic heterocycles. The number of hydrogen-bond acceptors (Lipinski definition) is 4. The van der Waals surface area contributed by atoms with Crippen molar-refractivity contribution in [2.45, 2.75) is 46.1 Å². The van der Waals surface area contributed by atoms with Crippen LogP contribution in [-0.2, 0) is 14.3 Å². The highest BCUT2D eigenvalue weighted by molar-refractivity contribution is 6.04. The molecule has 0 saturated heterocycles. The number of carbonyl (C=O) groups is 3. The normalized spacial score (nSPS) is 14.0.